The number of sulfone groups is 1. The van der Waals surface area contributed by atoms with Crippen molar-refractivity contribution in [3.05, 3.63) is 75.1 Å². The number of esters is 1. The van der Waals surface area contributed by atoms with Gasteiger partial charge < -0.3 is 19.4 Å². The van der Waals surface area contributed by atoms with Crippen LogP contribution in [0.2, 0.25) is 0 Å². The molecule has 3 heterocycles. The van der Waals surface area contributed by atoms with E-state index in [9.17, 15) is 18.0 Å². The third-order valence-electron chi connectivity index (χ3n) is 7.78. The summed E-state index contributed by atoms with van der Waals surface area (Å²) < 4.78 is 38.8. The van der Waals surface area contributed by atoms with Gasteiger partial charge in [-0.05, 0) is 56.2 Å². The van der Waals surface area contributed by atoms with Crippen LogP contribution in [0.3, 0.4) is 0 Å². The number of morpholine rings is 1. The van der Waals surface area contributed by atoms with E-state index in [4.69, 9.17) is 21.1 Å². The highest BCUT2D eigenvalue weighted by atomic mass is 35.5. The predicted molar refractivity (Wildman–Crippen MR) is 174 cm³/mol. The van der Waals surface area contributed by atoms with Gasteiger partial charge in [-0.3, -0.25) is 19.2 Å². The summed E-state index contributed by atoms with van der Waals surface area (Å²) in [7, 11) is -2.08. The molecule has 13 heteroatoms. The number of carbonyl (C=O) groups excluding carboxylic acids is 2. The van der Waals surface area contributed by atoms with Crippen LogP contribution >= 0.6 is 11.6 Å². The van der Waals surface area contributed by atoms with Gasteiger partial charge in [0.05, 0.1) is 43.5 Å². The van der Waals surface area contributed by atoms with E-state index in [1.54, 1.807) is 55.9 Å². The zero-order valence-electron chi connectivity index (χ0n) is 26.1. The van der Waals surface area contributed by atoms with Crippen molar-refractivity contribution in [3.8, 4) is 0 Å². The second kappa shape index (κ2) is 15.0. The van der Waals surface area contributed by atoms with Crippen LogP contribution in [0, 0.1) is 0 Å². The van der Waals surface area contributed by atoms with Crippen LogP contribution in [0.1, 0.15) is 48.4 Å². The van der Waals surface area contributed by atoms with Crippen LogP contribution in [-0.4, -0.2) is 84.7 Å². The first-order chi connectivity index (χ1) is 21.4. The van der Waals surface area contributed by atoms with Crippen molar-refractivity contribution in [2.24, 2.45) is 7.05 Å². The molecule has 242 valence electrons. The number of carbonyl (C=O) groups is 2. The minimum absolute atomic E-state index is 0.00251. The third-order valence-corrected chi connectivity index (χ3v) is 9.78. The maximum Gasteiger partial charge on any atom is 0.321 e. The molecule has 11 nitrogen and oxygen atoms in total. The molecule has 0 unspecified atom stereocenters. The van der Waals surface area contributed by atoms with E-state index >= 15 is 0 Å². The molecule has 1 saturated heterocycles. The Morgan fingerprint density at radius 3 is 2.56 bits per heavy atom. The molecule has 1 atom stereocenters. The van der Waals surface area contributed by atoms with Gasteiger partial charge in [-0.25, -0.2) is 8.42 Å². The average molecular weight is 658 g/mol. The Morgan fingerprint density at radius 1 is 1.20 bits per heavy atom. The minimum atomic E-state index is -3.84. The molecule has 0 radical (unpaired) electrons. The number of nitrogens with zero attached hydrogens (tertiary/aromatic N) is 4. The topological polar surface area (TPSA) is 125 Å². The zero-order chi connectivity index (χ0) is 32.7. The molecule has 2 aromatic heterocycles. The first-order valence-electron chi connectivity index (χ1n) is 14.7. The molecule has 0 saturated carbocycles. The molecule has 3 aromatic rings. The number of aromatic nitrogens is 3. The summed E-state index contributed by atoms with van der Waals surface area (Å²) >= 11 is 6.73. The van der Waals surface area contributed by atoms with Gasteiger partial charge in [0, 0.05) is 54.0 Å². The van der Waals surface area contributed by atoms with Gasteiger partial charge in [-0.2, -0.15) is 5.10 Å². The zero-order valence-corrected chi connectivity index (χ0v) is 27.7. The van der Waals surface area contributed by atoms with Crippen molar-refractivity contribution in [1.82, 2.24) is 24.6 Å². The molecule has 45 heavy (non-hydrogen) atoms. The van der Waals surface area contributed by atoms with E-state index in [1.165, 1.54) is 12.1 Å². The monoisotopic (exact) mass is 657 g/mol. The molecule has 1 amide bonds. The normalized spacial score (nSPS) is 15.9. The van der Waals surface area contributed by atoms with Crippen LogP contribution in [-0.2, 0) is 37.7 Å². The van der Waals surface area contributed by atoms with Gasteiger partial charge in [-0.15, -0.1) is 0 Å². The fraction of sp³-hybridized carbons (Fsp3) is 0.406. The largest absolute Gasteiger partial charge is 0.465 e. The molecule has 0 aliphatic carbocycles. The van der Waals surface area contributed by atoms with Crippen LogP contribution in [0.15, 0.2) is 52.7 Å². The number of halogens is 1. The van der Waals surface area contributed by atoms with Gasteiger partial charge in [0.25, 0.3) is 5.91 Å². The van der Waals surface area contributed by atoms with Crippen molar-refractivity contribution in [3.63, 3.8) is 0 Å². The maximum absolute atomic E-state index is 13.3. The van der Waals surface area contributed by atoms with E-state index < -0.39 is 27.6 Å². The maximum atomic E-state index is 13.3. The lowest BCUT2D eigenvalue weighted by Crippen LogP contribution is -2.38. The lowest BCUT2D eigenvalue weighted by atomic mass is 10.1. The third kappa shape index (κ3) is 8.72. The molecule has 0 spiro atoms. The van der Waals surface area contributed by atoms with Crippen LogP contribution in [0.4, 0.5) is 0 Å². The fourth-order valence-corrected chi connectivity index (χ4v) is 6.24. The number of hydrogen-bond acceptors (Lipinski definition) is 8. The van der Waals surface area contributed by atoms with Gasteiger partial charge >= 0.3 is 5.97 Å². The summed E-state index contributed by atoms with van der Waals surface area (Å²) in [5.41, 5.74) is 2.85. The second-order valence-corrected chi connectivity index (χ2v) is 13.3. The molecular formula is C32H40ClN5O6S. The second-order valence-electron chi connectivity index (χ2n) is 10.9. The summed E-state index contributed by atoms with van der Waals surface area (Å²) in [6.45, 7) is 14.6. The Labute approximate surface area is 268 Å². The number of ether oxygens (including phenoxy) is 2. The van der Waals surface area contributed by atoms with E-state index in [2.05, 4.69) is 21.9 Å². The molecule has 4 rings (SSSR count). The van der Waals surface area contributed by atoms with Gasteiger partial charge in [0.2, 0.25) is 0 Å². The first kappa shape index (κ1) is 34.2. The highest BCUT2D eigenvalue weighted by Crippen LogP contribution is 2.22. The van der Waals surface area contributed by atoms with E-state index in [1.807, 2.05) is 17.8 Å². The first-order valence-corrected chi connectivity index (χ1v) is 16.8. The number of allylic oxidation sites excluding steroid dienone is 2. The molecule has 0 bridgehead atoms. The van der Waals surface area contributed by atoms with Gasteiger partial charge in [-0.1, -0.05) is 30.3 Å². The SMILES string of the molecule is C=c1/c(=C\C(Cl)=C(/C)c2cnn(CCN3CCOCC3)c2)cc(C(=O)N[C@H](C)c2ccc(S(=O)(=O)CC(=O)OCC)cc2)n1C. The number of amides is 1. The van der Waals surface area contributed by atoms with Crippen molar-refractivity contribution in [2.45, 2.75) is 38.3 Å². The molecule has 1 fully saturated rings. The standard InChI is InChI=1S/C32H40ClN5O6S/c1-6-44-31(39)21-45(41,42)28-9-7-25(8-10-28)23(3)35-32(40)30-18-26(24(4)36(30)5)17-29(33)22(2)27-19-34-38(20-27)12-11-37-13-15-43-16-14-37/h7-10,17-20,23H,4,6,11-16,21H2,1-3,5H3,(H,35,40)/b26-17-,29-22-/t23-/m1/s1. The van der Waals surface area contributed by atoms with Crippen molar-refractivity contribution in [1.29, 1.82) is 0 Å². The van der Waals surface area contributed by atoms with E-state index in [0.717, 1.165) is 50.5 Å². The Balaban J connectivity index is 1.44. The highest BCUT2D eigenvalue weighted by Gasteiger charge is 2.21. The van der Waals surface area contributed by atoms with Crippen molar-refractivity contribution >= 4 is 51.5 Å². The summed E-state index contributed by atoms with van der Waals surface area (Å²) in [5.74, 6) is -1.86. The lowest BCUT2D eigenvalue weighted by molar-refractivity contribution is -0.139. The Bertz CT molecular complexity index is 1770. The number of benzene rings is 1. The number of hydrogen-bond donors (Lipinski definition) is 1. The van der Waals surface area contributed by atoms with Crippen LogP contribution < -0.4 is 15.9 Å². The quantitative estimate of drug-likeness (QED) is 0.294. The molecule has 1 aromatic carbocycles. The number of nitrogens with one attached hydrogen (secondary N) is 1. The highest BCUT2D eigenvalue weighted by molar-refractivity contribution is 7.92. The van der Waals surface area contributed by atoms with Crippen molar-refractivity contribution in [2.75, 3.05) is 45.2 Å². The summed E-state index contributed by atoms with van der Waals surface area (Å²) in [4.78, 5) is 27.3. The van der Waals surface area contributed by atoms with E-state index in [0.29, 0.717) is 26.9 Å². The summed E-state index contributed by atoms with van der Waals surface area (Å²) in [5, 5.41) is 9.28. The fourth-order valence-electron chi connectivity index (χ4n) is 4.90. The Morgan fingerprint density at radius 2 is 1.89 bits per heavy atom. The average Bonchev–Trinajstić information content (AvgIpc) is 3.60. The van der Waals surface area contributed by atoms with Crippen LogP contribution in [0.5, 0.6) is 0 Å². The lowest BCUT2D eigenvalue weighted by Gasteiger charge is -2.26. The number of rotatable bonds is 12. The summed E-state index contributed by atoms with van der Waals surface area (Å²) in [6.07, 6.45) is 5.56. The predicted octanol–water partition coefficient (Wildman–Crippen LogP) is 2.24. The summed E-state index contributed by atoms with van der Waals surface area (Å²) in [6, 6.07) is 7.36. The minimum Gasteiger partial charge on any atom is -0.465 e. The molecule has 1 aliphatic rings. The molecule has 1 N–H and O–H groups in total. The van der Waals surface area contributed by atoms with Gasteiger partial charge in [0.1, 0.15) is 5.69 Å². The van der Waals surface area contributed by atoms with Crippen molar-refractivity contribution < 1.29 is 27.5 Å². The van der Waals surface area contributed by atoms with Crippen LogP contribution in [0.25, 0.3) is 18.2 Å². The smallest absolute Gasteiger partial charge is 0.321 e. The van der Waals surface area contributed by atoms with Gasteiger partial charge in [0.15, 0.2) is 15.6 Å². The molecular weight excluding hydrogens is 618 g/mol. The van der Waals surface area contributed by atoms with E-state index in [-0.39, 0.29) is 17.4 Å². The Kier molecular flexibility index (Phi) is 11.4. The molecule has 1 aliphatic heterocycles. The Hall–Kier alpha value is -3.71.